The number of amides is 2. The van der Waals surface area contributed by atoms with Crippen LogP contribution in [-0.2, 0) is 4.79 Å². The molecule has 5 heteroatoms. The number of carbonyl (C=O) groups excluding carboxylic acids is 1. The van der Waals surface area contributed by atoms with Crippen LogP contribution in [0.3, 0.4) is 0 Å². The molecule has 0 saturated heterocycles. The lowest BCUT2D eigenvalue weighted by molar-refractivity contribution is -0.137. The molecule has 0 rings (SSSR count). The van der Waals surface area contributed by atoms with Crippen LogP contribution in [0.2, 0.25) is 0 Å². The van der Waals surface area contributed by atoms with Crippen LogP contribution in [0.5, 0.6) is 0 Å². The molecule has 0 radical (unpaired) electrons. The van der Waals surface area contributed by atoms with E-state index in [2.05, 4.69) is 0 Å². The molecule has 0 aliphatic rings. The summed E-state index contributed by atoms with van der Waals surface area (Å²) in [6.45, 7) is 5.34. The number of aliphatic carboxylic acids is 1. The van der Waals surface area contributed by atoms with Crippen molar-refractivity contribution in [2.45, 2.75) is 20.3 Å². The van der Waals surface area contributed by atoms with E-state index < -0.39 is 5.97 Å². The molecule has 0 spiro atoms. The second kappa shape index (κ2) is 6.23. The first-order valence-corrected chi connectivity index (χ1v) is 4.74. The largest absolute Gasteiger partial charge is 0.481 e. The Hall–Kier alpha value is -1.26. The molecule has 0 aromatic carbocycles. The first kappa shape index (κ1) is 12.7. The lowest BCUT2D eigenvalue weighted by atomic mass is 10.4. The van der Waals surface area contributed by atoms with E-state index in [9.17, 15) is 9.59 Å². The van der Waals surface area contributed by atoms with Gasteiger partial charge in [-0.25, -0.2) is 4.79 Å². The van der Waals surface area contributed by atoms with Gasteiger partial charge in [-0.15, -0.1) is 0 Å². The average molecular weight is 202 g/mol. The maximum atomic E-state index is 11.6. The molecule has 0 atom stereocenters. The highest BCUT2D eigenvalue weighted by Crippen LogP contribution is 1.97. The standard InChI is InChI=1S/C9H18N2O3/c1-4-11(5-2)9(14)10(3)7-6-8(12)13/h4-7H2,1-3H3,(H,12,13). The van der Waals surface area contributed by atoms with Crippen molar-refractivity contribution in [1.82, 2.24) is 9.80 Å². The van der Waals surface area contributed by atoms with E-state index in [4.69, 9.17) is 5.11 Å². The number of rotatable bonds is 5. The van der Waals surface area contributed by atoms with Crippen LogP contribution in [0.15, 0.2) is 0 Å². The van der Waals surface area contributed by atoms with Crippen molar-refractivity contribution in [3.05, 3.63) is 0 Å². The van der Waals surface area contributed by atoms with Crippen LogP contribution in [0, 0.1) is 0 Å². The molecule has 82 valence electrons. The number of nitrogens with zero attached hydrogens (tertiary/aromatic N) is 2. The zero-order valence-corrected chi connectivity index (χ0v) is 8.99. The van der Waals surface area contributed by atoms with E-state index in [0.29, 0.717) is 13.1 Å². The highest BCUT2D eigenvalue weighted by Gasteiger charge is 2.14. The molecule has 1 N–H and O–H groups in total. The average Bonchev–Trinajstić information content (AvgIpc) is 2.15. The second-order valence-electron chi connectivity index (χ2n) is 3.02. The zero-order chi connectivity index (χ0) is 11.1. The Morgan fingerprint density at radius 3 is 2.07 bits per heavy atom. The molecule has 0 saturated carbocycles. The van der Waals surface area contributed by atoms with Gasteiger partial charge in [-0.2, -0.15) is 0 Å². The zero-order valence-electron chi connectivity index (χ0n) is 8.99. The number of hydrogen-bond donors (Lipinski definition) is 1. The monoisotopic (exact) mass is 202 g/mol. The summed E-state index contributed by atoms with van der Waals surface area (Å²) in [7, 11) is 1.61. The van der Waals surface area contributed by atoms with Crippen molar-refractivity contribution < 1.29 is 14.7 Å². The summed E-state index contributed by atoms with van der Waals surface area (Å²) in [6.07, 6.45) is -0.0104. The Kier molecular flexibility index (Phi) is 5.67. The van der Waals surface area contributed by atoms with Crippen molar-refractivity contribution in [2.75, 3.05) is 26.7 Å². The van der Waals surface area contributed by atoms with E-state index in [1.165, 1.54) is 4.90 Å². The van der Waals surface area contributed by atoms with Gasteiger partial charge in [0.1, 0.15) is 0 Å². The first-order valence-electron chi connectivity index (χ1n) is 4.74. The summed E-state index contributed by atoms with van der Waals surface area (Å²) in [4.78, 5) is 24.9. The number of hydrogen-bond acceptors (Lipinski definition) is 2. The Balaban J connectivity index is 4.03. The molecule has 0 bridgehead atoms. The quantitative estimate of drug-likeness (QED) is 0.719. The fraction of sp³-hybridized carbons (Fsp3) is 0.778. The Morgan fingerprint density at radius 1 is 1.21 bits per heavy atom. The highest BCUT2D eigenvalue weighted by atomic mass is 16.4. The van der Waals surface area contributed by atoms with Crippen molar-refractivity contribution in [3.8, 4) is 0 Å². The molecule has 0 fully saturated rings. The minimum absolute atomic E-state index is 0.0104. The Labute approximate surface area is 84.3 Å². The summed E-state index contributed by atoms with van der Waals surface area (Å²) >= 11 is 0. The fourth-order valence-electron chi connectivity index (χ4n) is 1.09. The SMILES string of the molecule is CCN(CC)C(=O)N(C)CCC(=O)O. The maximum Gasteiger partial charge on any atom is 0.319 e. The molecule has 0 aliphatic heterocycles. The van der Waals surface area contributed by atoms with Gasteiger partial charge in [-0.1, -0.05) is 0 Å². The van der Waals surface area contributed by atoms with Crippen LogP contribution >= 0.6 is 0 Å². The number of urea groups is 1. The fourth-order valence-corrected chi connectivity index (χ4v) is 1.09. The third-order valence-corrected chi connectivity index (χ3v) is 2.02. The molecule has 0 aromatic heterocycles. The molecule has 0 aliphatic carbocycles. The second-order valence-corrected chi connectivity index (χ2v) is 3.02. The lowest BCUT2D eigenvalue weighted by Crippen LogP contribution is -2.41. The van der Waals surface area contributed by atoms with Gasteiger partial charge in [0.15, 0.2) is 0 Å². The third kappa shape index (κ3) is 4.11. The summed E-state index contributed by atoms with van der Waals surface area (Å²) in [5.41, 5.74) is 0. The van der Waals surface area contributed by atoms with E-state index in [-0.39, 0.29) is 19.0 Å². The number of carbonyl (C=O) groups is 2. The van der Waals surface area contributed by atoms with Crippen LogP contribution in [0.4, 0.5) is 4.79 Å². The molecule has 2 amide bonds. The summed E-state index contributed by atoms with van der Waals surface area (Å²) < 4.78 is 0. The van der Waals surface area contributed by atoms with Gasteiger partial charge in [0.25, 0.3) is 0 Å². The van der Waals surface area contributed by atoms with Crippen LogP contribution in [-0.4, -0.2) is 53.6 Å². The normalized spacial score (nSPS) is 9.64. The van der Waals surface area contributed by atoms with Gasteiger partial charge >= 0.3 is 12.0 Å². The van der Waals surface area contributed by atoms with Crippen LogP contribution in [0.25, 0.3) is 0 Å². The maximum absolute atomic E-state index is 11.6. The van der Waals surface area contributed by atoms with Crippen molar-refractivity contribution in [3.63, 3.8) is 0 Å². The smallest absolute Gasteiger partial charge is 0.319 e. The van der Waals surface area contributed by atoms with Crippen LogP contribution < -0.4 is 0 Å². The van der Waals surface area contributed by atoms with Crippen molar-refractivity contribution in [2.24, 2.45) is 0 Å². The Morgan fingerprint density at radius 2 is 1.71 bits per heavy atom. The van der Waals surface area contributed by atoms with E-state index >= 15 is 0 Å². The predicted molar refractivity (Wildman–Crippen MR) is 53.2 cm³/mol. The Bertz CT molecular complexity index is 202. The van der Waals surface area contributed by atoms with Crippen LogP contribution in [0.1, 0.15) is 20.3 Å². The number of carboxylic acid groups (broad SMARTS) is 1. The van der Waals surface area contributed by atoms with Crippen molar-refractivity contribution in [1.29, 1.82) is 0 Å². The molecular weight excluding hydrogens is 184 g/mol. The van der Waals surface area contributed by atoms with Gasteiger partial charge in [0.2, 0.25) is 0 Å². The molecule has 0 aromatic rings. The first-order chi connectivity index (χ1) is 6.52. The van der Waals surface area contributed by atoms with E-state index in [1.54, 1.807) is 11.9 Å². The molecule has 14 heavy (non-hydrogen) atoms. The third-order valence-electron chi connectivity index (χ3n) is 2.02. The highest BCUT2D eigenvalue weighted by molar-refractivity contribution is 5.75. The van der Waals surface area contributed by atoms with Gasteiger partial charge < -0.3 is 14.9 Å². The van der Waals surface area contributed by atoms with Crippen molar-refractivity contribution >= 4 is 12.0 Å². The topological polar surface area (TPSA) is 60.9 Å². The van der Waals surface area contributed by atoms with Gasteiger partial charge in [0, 0.05) is 26.7 Å². The summed E-state index contributed by atoms with van der Waals surface area (Å²) in [5.74, 6) is -0.885. The van der Waals surface area contributed by atoms with Gasteiger partial charge in [0.05, 0.1) is 6.42 Å². The van der Waals surface area contributed by atoms with Gasteiger partial charge in [-0.05, 0) is 13.8 Å². The molecule has 5 nitrogen and oxygen atoms in total. The molecule has 0 unspecified atom stereocenters. The summed E-state index contributed by atoms with van der Waals surface area (Å²) in [5, 5.41) is 8.45. The minimum Gasteiger partial charge on any atom is -0.481 e. The van der Waals surface area contributed by atoms with E-state index in [0.717, 1.165) is 0 Å². The lowest BCUT2D eigenvalue weighted by Gasteiger charge is -2.25. The molecular formula is C9H18N2O3. The summed E-state index contributed by atoms with van der Waals surface area (Å²) in [6, 6.07) is -0.115. The van der Waals surface area contributed by atoms with Gasteiger partial charge in [-0.3, -0.25) is 4.79 Å². The minimum atomic E-state index is -0.885. The molecule has 0 heterocycles. The van der Waals surface area contributed by atoms with E-state index in [1.807, 2.05) is 13.8 Å². The number of carboxylic acids is 1. The predicted octanol–water partition coefficient (Wildman–Crippen LogP) is 0.855.